The smallest absolute Gasteiger partial charge is 0.216 e. The monoisotopic (exact) mass is 321 g/mol. The highest BCUT2D eigenvalue weighted by molar-refractivity contribution is 5.22. The molecule has 0 saturated heterocycles. The van der Waals surface area contributed by atoms with E-state index in [0.29, 0.717) is 25.0 Å². The van der Waals surface area contributed by atoms with Crippen LogP contribution >= 0.6 is 0 Å². The molecule has 3 heteroatoms. The van der Waals surface area contributed by atoms with Crippen molar-refractivity contribution in [3.63, 3.8) is 0 Å². The summed E-state index contributed by atoms with van der Waals surface area (Å²) >= 11 is 0. The number of ether oxygens (including phenoxy) is 2. The van der Waals surface area contributed by atoms with Crippen LogP contribution in [0.5, 0.6) is 11.8 Å². The molecule has 24 heavy (non-hydrogen) atoms. The van der Waals surface area contributed by atoms with E-state index in [1.165, 1.54) is 0 Å². The van der Waals surface area contributed by atoms with E-state index < -0.39 is 0 Å². The molecule has 0 unspecified atom stereocenters. The number of nitrogens with zero attached hydrogens (tertiary/aromatic N) is 1. The molecule has 0 aliphatic rings. The third kappa shape index (κ3) is 5.76. The number of hydrogen-bond acceptors (Lipinski definition) is 3. The van der Waals surface area contributed by atoms with Crippen LogP contribution in [-0.4, -0.2) is 4.98 Å². The van der Waals surface area contributed by atoms with Crippen LogP contribution in [0.1, 0.15) is 25.0 Å². The first-order valence-electron chi connectivity index (χ1n) is 8.21. The molecule has 3 rings (SSSR count). The Morgan fingerprint density at radius 2 is 1.00 bits per heavy atom. The molecule has 3 nitrogen and oxygen atoms in total. The van der Waals surface area contributed by atoms with Crippen molar-refractivity contribution >= 4 is 0 Å². The first-order valence-corrected chi connectivity index (χ1v) is 8.21. The summed E-state index contributed by atoms with van der Waals surface area (Å²) in [7, 11) is 0. The molecule has 0 aliphatic heterocycles. The second-order valence-electron chi connectivity index (χ2n) is 4.86. The van der Waals surface area contributed by atoms with E-state index in [9.17, 15) is 0 Å². The zero-order valence-electron chi connectivity index (χ0n) is 14.2. The van der Waals surface area contributed by atoms with Crippen molar-refractivity contribution in [2.45, 2.75) is 27.1 Å². The lowest BCUT2D eigenvalue weighted by atomic mass is 10.2. The fraction of sp³-hybridized carbons (Fsp3) is 0.190. The van der Waals surface area contributed by atoms with Crippen LogP contribution in [0.15, 0.2) is 78.9 Å². The van der Waals surface area contributed by atoms with Gasteiger partial charge < -0.3 is 9.47 Å². The number of aromatic nitrogens is 1. The second kappa shape index (κ2) is 10.1. The highest BCUT2D eigenvalue weighted by Crippen LogP contribution is 2.16. The maximum atomic E-state index is 5.69. The summed E-state index contributed by atoms with van der Waals surface area (Å²) in [5.74, 6) is 1.13. The third-order valence-electron chi connectivity index (χ3n) is 3.16. The lowest BCUT2D eigenvalue weighted by Gasteiger charge is -2.08. The van der Waals surface area contributed by atoms with Gasteiger partial charge in [-0.3, -0.25) is 0 Å². The molecular formula is C21H23NO2. The van der Waals surface area contributed by atoms with Crippen molar-refractivity contribution in [1.82, 2.24) is 4.98 Å². The molecule has 0 spiro atoms. The maximum Gasteiger partial charge on any atom is 0.216 e. The number of rotatable bonds is 6. The Morgan fingerprint density at radius 1 is 0.583 bits per heavy atom. The summed E-state index contributed by atoms with van der Waals surface area (Å²) in [6.07, 6.45) is 0. The molecule has 0 aliphatic carbocycles. The van der Waals surface area contributed by atoms with E-state index in [1.54, 1.807) is 0 Å². The topological polar surface area (TPSA) is 31.4 Å². The van der Waals surface area contributed by atoms with Crippen molar-refractivity contribution in [2.75, 3.05) is 0 Å². The summed E-state index contributed by atoms with van der Waals surface area (Å²) in [5, 5.41) is 0. The van der Waals surface area contributed by atoms with Crippen LogP contribution in [-0.2, 0) is 13.2 Å². The van der Waals surface area contributed by atoms with Gasteiger partial charge >= 0.3 is 0 Å². The van der Waals surface area contributed by atoms with Gasteiger partial charge in [0.05, 0.1) is 0 Å². The molecule has 0 N–H and O–H groups in total. The van der Waals surface area contributed by atoms with Gasteiger partial charge in [-0.1, -0.05) is 80.6 Å². The van der Waals surface area contributed by atoms with E-state index in [1.807, 2.05) is 92.7 Å². The second-order valence-corrected chi connectivity index (χ2v) is 4.86. The molecule has 0 radical (unpaired) electrons. The van der Waals surface area contributed by atoms with Crippen LogP contribution in [0.2, 0.25) is 0 Å². The van der Waals surface area contributed by atoms with Gasteiger partial charge in [0.2, 0.25) is 11.8 Å². The fourth-order valence-corrected chi connectivity index (χ4v) is 2.02. The van der Waals surface area contributed by atoms with E-state index in [-0.39, 0.29) is 0 Å². The fourth-order valence-electron chi connectivity index (χ4n) is 2.02. The van der Waals surface area contributed by atoms with Crippen molar-refractivity contribution in [3.8, 4) is 11.8 Å². The molecule has 0 bridgehead atoms. The van der Waals surface area contributed by atoms with Crippen LogP contribution in [0.25, 0.3) is 0 Å². The van der Waals surface area contributed by atoms with Crippen LogP contribution in [0, 0.1) is 0 Å². The van der Waals surface area contributed by atoms with Crippen LogP contribution in [0.3, 0.4) is 0 Å². The first kappa shape index (κ1) is 17.5. The van der Waals surface area contributed by atoms with Crippen LogP contribution in [0.4, 0.5) is 0 Å². The van der Waals surface area contributed by atoms with Crippen LogP contribution < -0.4 is 9.47 Å². The van der Waals surface area contributed by atoms with Gasteiger partial charge in [0.1, 0.15) is 13.2 Å². The summed E-state index contributed by atoms with van der Waals surface area (Å²) < 4.78 is 11.4. The number of benzene rings is 2. The van der Waals surface area contributed by atoms with Gasteiger partial charge in [0.15, 0.2) is 0 Å². The van der Waals surface area contributed by atoms with Gasteiger partial charge in [0.25, 0.3) is 0 Å². The van der Waals surface area contributed by atoms with Crippen molar-refractivity contribution < 1.29 is 9.47 Å². The highest BCUT2D eigenvalue weighted by atomic mass is 16.5. The number of pyridine rings is 1. The summed E-state index contributed by atoms with van der Waals surface area (Å²) in [5.41, 5.74) is 2.22. The average Bonchev–Trinajstić information content (AvgIpc) is 2.68. The Balaban J connectivity index is 0.00000100. The Labute approximate surface area is 143 Å². The van der Waals surface area contributed by atoms with Gasteiger partial charge in [-0.05, 0) is 11.1 Å². The Kier molecular flexibility index (Phi) is 7.35. The summed E-state index contributed by atoms with van der Waals surface area (Å²) in [6, 6.07) is 25.6. The van der Waals surface area contributed by atoms with E-state index in [4.69, 9.17) is 9.47 Å². The molecule has 0 fully saturated rings. The minimum Gasteiger partial charge on any atom is -0.473 e. The standard InChI is InChI=1S/C19H17NO2.C2H6/c1-3-8-16(9-4-1)14-21-18-12-7-13-19(20-18)22-15-17-10-5-2-6-11-17;1-2/h1-13H,14-15H2;1-2H3. The lowest BCUT2D eigenvalue weighted by Crippen LogP contribution is -2.00. The average molecular weight is 321 g/mol. The molecule has 0 atom stereocenters. The minimum atomic E-state index is 0.496. The predicted molar refractivity (Wildman–Crippen MR) is 97.1 cm³/mol. The van der Waals surface area contributed by atoms with Crippen molar-refractivity contribution in [1.29, 1.82) is 0 Å². The maximum absolute atomic E-state index is 5.69. The van der Waals surface area contributed by atoms with Crippen molar-refractivity contribution in [3.05, 3.63) is 90.0 Å². The lowest BCUT2D eigenvalue weighted by molar-refractivity contribution is 0.267. The largest absolute Gasteiger partial charge is 0.473 e. The molecule has 2 aromatic carbocycles. The molecule has 124 valence electrons. The Morgan fingerprint density at radius 3 is 1.42 bits per heavy atom. The van der Waals surface area contributed by atoms with E-state index >= 15 is 0 Å². The zero-order chi connectivity index (χ0) is 17.0. The van der Waals surface area contributed by atoms with E-state index in [0.717, 1.165) is 11.1 Å². The predicted octanol–water partition coefficient (Wildman–Crippen LogP) is 5.27. The molecule has 0 amide bonds. The van der Waals surface area contributed by atoms with Gasteiger partial charge in [-0.25, -0.2) is 0 Å². The minimum absolute atomic E-state index is 0.496. The molecule has 1 heterocycles. The molecular weight excluding hydrogens is 298 g/mol. The van der Waals surface area contributed by atoms with E-state index in [2.05, 4.69) is 4.98 Å². The molecule has 3 aromatic rings. The third-order valence-corrected chi connectivity index (χ3v) is 3.16. The Hall–Kier alpha value is -2.81. The van der Waals surface area contributed by atoms with Gasteiger partial charge in [0, 0.05) is 12.1 Å². The zero-order valence-corrected chi connectivity index (χ0v) is 14.2. The van der Waals surface area contributed by atoms with Gasteiger partial charge in [-0.15, -0.1) is 0 Å². The molecule has 1 aromatic heterocycles. The first-order chi connectivity index (χ1) is 11.9. The Bertz CT molecular complexity index is 641. The van der Waals surface area contributed by atoms with Gasteiger partial charge in [-0.2, -0.15) is 4.98 Å². The van der Waals surface area contributed by atoms with Crippen molar-refractivity contribution in [2.24, 2.45) is 0 Å². The highest BCUT2D eigenvalue weighted by Gasteiger charge is 2.01. The molecule has 0 saturated carbocycles. The number of hydrogen-bond donors (Lipinski definition) is 0. The summed E-state index contributed by atoms with van der Waals surface area (Å²) in [4.78, 5) is 4.36. The normalized spacial score (nSPS) is 9.58. The quantitative estimate of drug-likeness (QED) is 0.620. The SMILES string of the molecule is CC.c1ccc(COc2cccc(OCc3ccccc3)n2)cc1. The summed E-state index contributed by atoms with van der Waals surface area (Å²) in [6.45, 7) is 4.99.